The van der Waals surface area contributed by atoms with Crippen molar-refractivity contribution in [3.63, 3.8) is 0 Å². The van der Waals surface area contributed by atoms with E-state index < -0.39 is 0 Å². The molecule has 0 aromatic heterocycles. The van der Waals surface area contributed by atoms with Gasteiger partial charge in [0.25, 0.3) is 5.91 Å². The second-order valence-electron chi connectivity index (χ2n) is 5.03. The number of hydrogen-bond acceptors (Lipinski definition) is 4. The van der Waals surface area contributed by atoms with Crippen LogP contribution in [-0.2, 0) is 4.79 Å². The zero-order valence-electron chi connectivity index (χ0n) is 12.6. The molecule has 0 saturated carbocycles. The second-order valence-corrected chi connectivity index (χ2v) is 5.03. The van der Waals surface area contributed by atoms with Crippen molar-refractivity contribution in [2.24, 2.45) is 5.10 Å². The molecule has 0 aliphatic rings. The quantitative estimate of drug-likeness (QED) is 0.586. The van der Waals surface area contributed by atoms with Crippen LogP contribution in [0, 0.1) is 13.8 Å². The Morgan fingerprint density at radius 3 is 2.77 bits per heavy atom. The van der Waals surface area contributed by atoms with E-state index in [1.54, 1.807) is 19.1 Å². The van der Waals surface area contributed by atoms with Crippen LogP contribution in [0.5, 0.6) is 5.75 Å². The van der Waals surface area contributed by atoms with Crippen molar-refractivity contribution >= 4 is 17.8 Å². The Kier molecular flexibility index (Phi) is 5.14. The Morgan fingerprint density at radius 1 is 1.23 bits per heavy atom. The molecule has 0 radical (unpaired) electrons. The minimum absolute atomic E-state index is 0.126. The minimum Gasteiger partial charge on any atom is -0.507 e. The van der Waals surface area contributed by atoms with Gasteiger partial charge in [0.1, 0.15) is 5.75 Å². The predicted octanol–water partition coefficient (Wildman–Crippen LogP) is 2.57. The molecule has 5 nitrogen and oxygen atoms in total. The van der Waals surface area contributed by atoms with Gasteiger partial charge in [-0.25, -0.2) is 5.43 Å². The van der Waals surface area contributed by atoms with Gasteiger partial charge in [0.15, 0.2) is 0 Å². The number of aryl methyl sites for hydroxylation is 2. The summed E-state index contributed by atoms with van der Waals surface area (Å²) < 4.78 is 0. The van der Waals surface area contributed by atoms with E-state index in [9.17, 15) is 9.90 Å². The molecule has 0 aliphatic carbocycles. The number of carbonyl (C=O) groups excluding carboxylic acids is 1. The summed E-state index contributed by atoms with van der Waals surface area (Å²) in [4.78, 5) is 11.7. The highest BCUT2D eigenvalue weighted by molar-refractivity contribution is 5.86. The highest BCUT2D eigenvalue weighted by Gasteiger charge is 2.02. The summed E-state index contributed by atoms with van der Waals surface area (Å²) in [6.45, 7) is 3.92. The average Bonchev–Trinajstić information content (AvgIpc) is 2.49. The normalized spacial score (nSPS) is 10.6. The maximum Gasteiger partial charge on any atom is 0.259 e. The van der Waals surface area contributed by atoms with E-state index in [1.807, 2.05) is 37.3 Å². The van der Waals surface area contributed by atoms with E-state index in [-0.39, 0.29) is 18.2 Å². The first-order chi connectivity index (χ1) is 10.6. The van der Waals surface area contributed by atoms with Gasteiger partial charge < -0.3 is 10.4 Å². The topological polar surface area (TPSA) is 73.7 Å². The number of benzene rings is 2. The highest BCUT2D eigenvalue weighted by Crippen LogP contribution is 2.19. The van der Waals surface area contributed by atoms with Crippen molar-refractivity contribution in [1.82, 2.24) is 5.43 Å². The average molecular weight is 297 g/mol. The Bertz CT molecular complexity index is 696. The number of para-hydroxylation sites is 1. The minimum atomic E-state index is -0.259. The fraction of sp³-hybridized carbons (Fsp3) is 0.176. The van der Waals surface area contributed by atoms with Crippen LogP contribution in [0.2, 0.25) is 0 Å². The summed E-state index contributed by atoms with van der Waals surface area (Å²) in [5.41, 5.74) is 5.75. The predicted molar refractivity (Wildman–Crippen MR) is 88.2 cm³/mol. The van der Waals surface area contributed by atoms with Crippen LogP contribution < -0.4 is 10.7 Å². The van der Waals surface area contributed by atoms with Crippen molar-refractivity contribution < 1.29 is 9.90 Å². The Morgan fingerprint density at radius 2 is 2.00 bits per heavy atom. The fourth-order valence-corrected chi connectivity index (χ4v) is 1.94. The van der Waals surface area contributed by atoms with Gasteiger partial charge in [0.05, 0.1) is 12.8 Å². The monoisotopic (exact) mass is 297 g/mol. The summed E-state index contributed by atoms with van der Waals surface area (Å²) in [6, 6.07) is 13.1. The van der Waals surface area contributed by atoms with Crippen molar-refractivity contribution in [3.8, 4) is 5.75 Å². The van der Waals surface area contributed by atoms with E-state index in [2.05, 4.69) is 15.8 Å². The lowest BCUT2D eigenvalue weighted by Crippen LogP contribution is -2.25. The lowest BCUT2D eigenvalue weighted by atomic mass is 10.1. The van der Waals surface area contributed by atoms with Crippen molar-refractivity contribution in [3.05, 3.63) is 59.2 Å². The first kappa shape index (κ1) is 15.6. The first-order valence-electron chi connectivity index (χ1n) is 6.97. The zero-order valence-corrected chi connectivity index (χ0v) is 12.6. The number of amides is 1. The number of phenolic OH excluding ortho intramolecular Hbond substituents is 1. The molecule has 22 heavy (non-hydrogen) atoms. The molecule has 2 aromatic carbocycles. The van der Waals surface area contributed by atoms with Crippen molar-refractivity contribution in [2.45, 2.75) is 13.8 Å². The number of nitrogens with one attached hydrogen (secondary N) is 2. The number of phenols is 1. The number of nitrogens with zero attached hydrogens (tertiary/aromatic N) is 1. The first-order valence-corrected chi connectivity index (χ1v) is 6.97. The molecule has 0 atom stereocenters. The van der Waals surface area contributed by atoms with Crippen molar-refractivity contribution in [2.75, 3.05) is 11.9 Å². The molecule has 2 aromatic rings. The molecule has 0 bridgehead atoms. The van der Waals surface area contributed by atoms with E-state index in [0.717, 1.165) is 16.8 Å². The number of rotatable bonds is 5. The molecule has 0 saturated heterocycles. The van der Waals surface area contributed by atoms with Crippen LogP contribution >= 0.6 is 0 Å². The van der Waals surface area contributed by atoms with Gasteiger partial charge >= 0.3 is 0 Å². The highest BCUT2D eigenvalue weighted by atomic mass is 16.3. The molecule has 1 amide bonds. The van der Waals surface area contributed by atoms with Crippen LogP contribution in [0.15, 0.2) is 47.6 Å². The molecule has 0 fully saturated rings. The maximum atomic E-state index is 11.7. The van der Waals surface area contributed by atoms with Crippen LogP contribution in [0.1, 0.15) is 16.7 Å². The van der Waals surface area contributed by atoms with E-state index in [4.69, 9.17) is 0 Å². The van der Waals surface area contributed by atoms with Gasteiger partial charge in [-0.15, -0.1) is 0 Å². The number of carbonyl (C=O) groups is 1. The largest absolute Gasteiger partial charge is 0.507 e. The Balaban J connectivity index is 1.85. The maximum absolute atomic E-state index is 11.7. The molecule has 0 spiro atoms. The van der Waals surface area contributed by atoms with Crippen LogP contribution in [0.3, 0.4) is 0 Å². The summed E-state index contributed by atoms with van der Waals surface area (Å²) >= 11 is 0. The number of anilines is 1. The van der Waals surface area contributed by atoms with Gasteiger partial charge in [-0.3, -0.25) is 4.79 Å². The van der Waals surface area contributed by atoms with Gasteiger partial charge in [-0.1, -0.05) is 24.3 Å². The second kappa shape index (κ2) is 7.26. The van der Waals surface area contributed by atoms with Crippen LogP contribution in [-0.4, -0.2) is 23.8 Å². The van der Waals surface area contributed by atoms with Gasteiger partial charge in [0, 0.05) is 11.3 Å². The fourth-order valence-electron chi connectivity index (χ4n) is 1.94. The smallest absolute Gasteiger partial charge is 0.259 e. The molecular weight excluding hydrogens is 278 g/mol. The molecular formula is C17H19N3O2. The van der Waals surface area contributed by atoms with Gasteiger partial charge in [-0.05, 0) is 43.2 Å². The van der Waals surface area contributed by atoms with E-state index >= 15 is 0 Å². The number of hydrogen-bond donors (Lipinski definition) is 3. The third-order valence-corrected chi connectivity index (χ3v) is 3.13. The summed E-state index contributed by atoms with van der Waals surface area (Å²) in [6.07, 6.45) is 1.42. The number of aromatic hydroxyl groups is 1. The summed E-state index contributed by atoms with van der Waals surface area (Å²) in [5.74, 6) is -0.0942. The molecule has 5 heteroatoms. The standard InChI is InChI=1S/C17H19N3O2/c1-12-5-3-8-15(9-12)18-11-16(21)20-19-10-14-7-4-6-13(2)17(14)22/h3-10,18,22H,11H2,1-2H3,(H,20,21). The number of hydrazone groups is 1. The lowest BCUT2D eigenvalue weighted by molar-refractivity contribution is -0.119. The molecule has 3 N–H and O–H groups in total. The molecule has 0 unspecified atom stereocenters. The third-order valence-electron chi connectivity index (χ3n) is 3.13. The SMILES string of the molecule is Cc1cccc(NCC(=O)NN=Cc2cccc(C)c2O)c1. The molecule has 0 aliphatic heterocycles. The molecule has 2 rings (SSSR count). The molecule has 114 valence electrons. The van der Waals surface area contributed by atoms with E-state index in [0.29, 0.717) is 5.56 Å². The van der Waals surface area contributed by atoms with Crippen molar-refractivity contribution in [1.29, 1.82) is 0 Å². The zero-order chi connectivity index (χ0) is 15.9. The van der Waals surface area contributed by atoms with Crippen LogP contribution in [0.25, 0.3) is 0 Å². The summed E-state index contributed by atoms with van der Waals surface area (Å²) in [7, 11) is 0. The van der Waals surface area contributed by atoms with Gasteiger partial charge in [-0.2, -0.15) is 5.10 Å². The lowest BCUT2D eigenvalue weighted by Gasteiger charge is -2.06. The third kappa shape index (κ3) is 4.34. The summed E-state index contributed by atoms with van der Waals surface area (Å²) in [5, 5.41) is 16.7. The Labute approximate surface area is 129 Å². The van der Waals surface area contributed by atoms with E-state index in [1.165, 1.54) is 6.21 Å². The Hall–Kier alpha value is -2.82. The van der Waals surface area contributed by atoms with Crippen LogP contribution in [0.4, 0.5) is 5.69 Å². The molecule has 0 heterocycles. The van der Waals surface area contributed by atoms with Gasteiger partial charge in [0.2, 0.25) is 0 Å².